The summed E-state index contributed by atoms with van der Waals surface area (Å²) < 4.78 is 19.3. The fraction of sp³-hybridized carbons (Fsp3) is 0.143. The lowest BCUT2D eigenvalue weighted by Gasteiger charge is -2.14. The van der Waals surface area contributed by atoms with Gasteiger partial charge in [0.2, 0.25) is 0 Å². The van der Waals surface area contributed by atoms with E-state index in [-0.39, 0.29) is 11.7 Å². The topological polar surface area (TPSA) is 72.0 Å². The van der Waals surface area contributed by atoms with E-state index in [1.807, 2.05) is 6.92 Å². The number of rotatable bonds is 3. The molecule has 20 heavy (non-hydrogen) atoms. The summed E-state index contributed by atoms with van der Waals surface area (Å²) in [5.74, 6) is 0.384. The van der Waals surface area contributed by atoms with E-state index in [0.717, 1.165) is 5.69 Å². The maximum absolute atomic E-state index is 13.1. The first kappa shape index (κ1) is 14.5. The van der Waals surface area contributed by atoms with E-state index in [1.165, 1.54) is 18.2 Å². The minimum Gasteiger partial charge on any atom is -0.455 e. The van der Waals surface area contributed by atoms with Crippen molar-refractivity contribution in [3.05, 3.63) is 51.5 Å². The molecule has 2 aromatic rings. The largest absolute Gasteiger partial charge is 0.455 e. The lowest BCUT2D eigenvalue weighted by atomic mass is 10.1. The number of nitrogens with two attached hydrogens (primary N) is 1. The number of amidine groups is 1. The molecule has 0 radical (unpaired) electrons. The SMILES string of the molecule is Cc1cc(Oc2ccc(F)cc2Br)c(C(=N)N)c(C)n1. The molecule has 1 heterocycles. The highest BCUT2D eigenvalue weighted by molar-refractivity contribution is 9.10. The van der Waals surface area contributed by atoms with Crippen molar-refractivity contribution in [3.8, 4) is 11.5 Å². The summed E-state index contributed by atoms with van der Waals surface area (Å²) in [6.07, 6.45) is 0. The van der Waals surface area contributed by atoms with E-state index in [0.29, 0.717) is 27.2 Å². The second-order valence-electron chi connectivity index (χ2n) is 4.31. The summed E-state index contributed by atoms with van der Waals surface area (Å²) in [6.45, 7) is 3.58. The van der Waals surface area contributed by atoms with E-state index in [1.54, 1.807) is 13.0 Å². The maximum Gasteiger partial charge on any atom is 0.142 e. The van der Waals surface area contributed by atoms with Crippen LogP contribution in [0.2, 0.25) is 0 Å². The Morgan fingerprint density at radius 2 is 2.00 bits per heavy atom. The number of pyridine rings is 1. The third-order valence-electron chi connectivity index (χ3n) is 2.68. The predicted molar refractivity (Wildman–Crippen MR) is 78.9 cm³/mol. The van der Waals surface area contributed by atoms with Crippen LogP contribution < -0.4 is 10.5 Å². The third kappa shape index (κ3) is 2.96. The maximum atomic E-state index is 13.1. The van der Waals surface area contributed by atoms with Crippen molar-refractivity contribution in [3.63, 3.8) is 0 Å². The Bertz CT molecular complexity index is 688. The fourth-order valence-electron chi connectivity index (χ4n) is 1.88. The van der Waals surface area contributed by atoms with Crippen LogP contribution in [-0.4, -0.2) is 10.8 Å². The average molecular weight is 338 g/mol. The minimum atomic E-state index is -0.363. The summed E-state index contributed by atoms with van der Waals surface area (Å²) in [5.41, 5.74) is 7.38. The van der Waals surface area contributed by atoms with Gasteiger partial charge in [0.1, 0.15) is 23.2 Å². The van der Waals surface area contributed by atoms with Gasteiger partial charge in [0.25, 0.3) is 0 Å². The molecule has 0 aliphatic rings. The number of hydrogen-bond donors (Lipinski definition) is 2. The summed E-state index contributed by atoms with van der Waals surface area (Å²) in [6, 6.07) is 5.81. The van der Waals surface area contributed by atoms with Crippen molar-refractivity contribution in [2.75, 3.05) is 0 Å². The summed E-state index contributed by atoms with van der Waals surface area (Å²) in [4.78, 5) is 4.26. The van der Waals surface area contributed by atoms with E-state index in [9.17, 15) is 4.39 Å². The molecule has 104 valence electrons. The molecule has 0 aliphatic heterocycles. The van der Waals surface area contributed by atoms with Crippen molar-refractivity contribution < 1.29 is 9.13 Å². The zero-order valence-corrected chi connectivity index (χ0v) is 12.6. The Hall–Kier alpha value is -1.95. The second-order valence-corrected chi connectivity index (χ2v) is 5.17. The predicted octanol–water partition coefficient (Wildman–Crippen LogP) is 3.68. The first-order chi connectivity index (χ1) is 9.38. The molecule has 6 heteroatoms. The van der Waals surface area contributed by atoms with E-state index in [4.69, 9.17) is 15.9 Å². The first-order valence-electron chi connectivity index (χ1n) is 5.84. The van der Waals surface area contributed by atoms with E-state index >= 15 is 0 Å². The minimum absolute atomic E-state index is 0.122. The molecule has 1 aromatic heterocycles. The Kier molecular flexibility index (Phi) is 4.04. The zero-order chi connectivity index (χ0) is 14.9. The molecule has 0 bridgehead atoms. The highest BCUT2D eigenvalue weighted by atomic mass is 79.9. The van der Waals surface area contributed by atoms with Crippen molar-refractivity contribution in [1.82, 2.24) is 4.98 Å². The number of ether oxygens (including phenoxy) is 1. The molecule has 0 amide bonds. The van der Waals surface area contributed by atoms with Gasteiger partial charge in [-0.15, -0.1) is 0 Å². The number of nitrogen functional groups attached to an aromatic ring is 1. The van der Waals surface area contributed by atoms with Gasteiger partial charge in [0, 0.05) is 11.8 Å². The first-order valence-corrected chi connectivity index (χ1v) is 6.63. The van der Waals surface area contributed by atoms with Crippen molar-refractivity contribution in [2.45, 2.75) is 13.8 Å². The van der Waals surface area contributed by atoms with Gasteiger partial charge in [-0.3, -0.25) is 10.4 Å². The van der Waals surface area contributed by atoms with Crippen molar-refractivity contribution in [1.29, 1.82) is 5.41 Å². The molecule has 3 N–H and O–H groups in total. The molecule has 0 atom stereocenters. The molecule has 0 spiro atoms. The van der Waals surface area contributed by atoms with Crippen LogP contribution in [0.15, 0.2) is 28.7 Å². The Balaban J connectivity index is 2.50. The van der Waals surface area contributed by atoms with Gasteiger partial charge in [0.15, 0.2) is 0 Å². The van der Waals surface area contributed by atoms with Crippen LogP contribution in [0, 0.1) is 25.1 Å². The summed E-state index contributed by atoms with van der Waals surface area (Å²) in [7, 11) is 0. The van der Waals surface area contributed by atoms with Crippen LogP contribution in [0.4, 0.5) is 4.39 Å². The molecule has 0 aliphatic carbocycles. The van der Waals surface area contributed by atoms with Gasteiger partial charge in [0.05, 0.1) is 15.7 Å². The molecule has 0 saturated carbocycles. The summed E-state index contributed by atoms with van der Waals surface area (Å²) >= 11 is 3.24. The van der Waals surface area contributed by atoms with E-state index in [2.05, 4.69) is 20.9 Å². The highest BCUT2D eigenvalue weighted by Gasteiger charge is 2.14. The number of aryl methyl sites for hydroxylation is 2. The van der Waals surface area contributed by atoms with E-state index < -0.39 is 0 Å². The number of halogens is 2. The Morgan fingerprint density at radius 1 is 1.30 bits per heavy atom. The Morgan fingerprint density at radius 3 is 2.60 bits per heavy atom. The average Bonchev–Trinajstić information content (AvgIpc) is 2.31. The van der Waals surface area contributed by atoms with Gasteiger partial charge in [-0.05, 0) is 48.0 Å². The standard InChI is InChI=1S/C14H13BrFN3O/c1-7-5-12(13(14(17)18)8(2)19-7)20-11-4-3-9(16)6-10(11)15/h3-6H,1-2H3,(H3,17,18). The van der Waals surface area contributed by atoms with Gasteiger partial charge < -0.3 is 10.5 Å². The molecule has 4 nitrogen and oxygen atoms in total. The van der Waals surface area contributed by atoms with Gasteiger partial charge in [-0.25, -0.2) is 4.39 Å². The highest BCUT2D eigenvalue weighted by Crippen LogP contribution is 2.33. The summed E-state index contributed by atoms with van der Waals surface area (Å²) in [5, 5.41) is 7.63. The fourth-order valence-corrected chi connectivity index (χ4v) is 2.31. The second kappa shape index (κ2) is 5.58. The van der Waals surface area contributed by atoms with Crippen LogP contribution in [0.25, 0.3) is 0 Å². The Labute approximate surface area is 124 Å². The van der Waals surface area contributed by atoms with Gasteiger partial charge in [-0.2, -0.15) is 0 Å². The number of nitrogens with one attached hydrogen (secondary N) is 1. The molecular weight excluding hydrogens is 325 g/mol. The monoisotopic (exact) mass is 337 g/mol. The molecular formula is C14H13BrFN3O. The number of benzene rings is 1. The third-order valence-corrected chi connectivity index (χ3v) is 3.30. The normalized spacial score (nSPS) is 10.4. The lowest BCUT2D eigenvalue weighted by molar-refractivity contribution is 0.474. The van der Waals surface area contributed by atoms with Gasteiger partial charge >= 0.3 is 0 Å². The molecule has 1 aromatic carbocycles. The van der Waals surface area contributed by atoms with Crippen molar-refractivity contribution >= 4 is 21.8 Å². The molecule has 0 unspecified atom stereocenters. The zero-order valence-electron chi connectivity index (χ0n) is 11.0. The number of hydrogen-bond acceptors (Lipinski definition) is 3. The molecule has 0 saturated heterocycles. The lowest BCUT2D eigenvalue weighted by Crippen LogP contribution is -2.15. The smallest absolute Gasteiger partial charge is 0.142 e. The molecule has 2 rings (SSSR count). The van der Waals surface area contributed by atoms with Gasteiger partial charge in [-0.1, -0.05) is 0 Å². The number of nitrogens with zero attached hydrogens (tertiary/aromatic N) is 1. The van der Waals surface area contributed by atoms with Crippen molar-refractivity contribution in [2.24, 2.45) is 5.73 Å². The van der Waals surface area contributed by atoms with Crippen LogP contribution in [0.5, 0.6) is 11.5 Å². The number of aromatic nitrogens is 1. The van der Waals surface area contributed by atoms with Crippen LogP contribution in [0.1, 0.15) is 17.0 Å². The van der Waals surface area contributed by atoms with Crippen LogP contribution in [0.3, 0.4) is 0 Å². The van der Waals surface area contributed by atoms with Crippen LogP contribution >= 0.6 is 15.9 Å². The van der Waals surface area contributed by atoms with Crippen LogP contribution in [-0.2, 0) is 0 Å². The molecule has 0 fully saturated rings. The quantitative estimate of drug-likeness (QED) is 0.662.